The number of amides is 1. The summed E-state index contributed by atoms with van der Waals surface area (Å²) in [5.74, 6) is 0.930. The van der Waals surface area contributed by atoms with Crippen LogP contribution in [0.25, 0.3) is 11.6 Å². The van der Waals surface area contributed by atoms with Crippen molar-refractivity contribution >= 4 is 21.8 Å². The third kappa shape index (κ3) is 3.37. The normalized spacial score (nSPS) is 13.7. The highest BCUT2D eigenvalue weighted by Crippen LogP contribution is 2.36. The fraction of sp³-hybridized carbons (Fsp3) is 0.278. The predicted molar refractivity (Wildman–Crippen MR) is 98.9 cm³/mol. The number of hydrogen-bond acceptors (Lipinski definition) is 4. The first-order chi connectivity index (χ1) is 12.6. The summed E-state index contributed by atoms with van der Waals surface area (Å²) in [6.45, 7) is 0.608. The molecule has 0 spiro atoms. The van der Waals surface area contributed by atoms with Crippen LogP contribution >= 0.6 is 15.9 Å². The fourth-order valence-corrected chi connectivity index (χ4v) is 3.21. The van der Waals surface area contributed by atoms with Crippen molar-refractivity contribution in [3.05, 3.63) is 63.2 Å². The van der Waals surface area contributed by atoms with E-state index in [9.17, 15) is 9.59 Å². The molecule has 7 nitrogen and oxygen atoms in total. The summed E-state index contributed by atoms with van der Waals surface area (Å²) in [4.78, 5) is 24.8. The maximum atomic E-state index is 12.7. The van der Waals surface area contributed by atoms with Crippen molar-refractivity contribution in [3.8, 4) is 11.6 Å². The molecule has 134 valence electrons. The summed E-state index contributed by atoms with van der Waals surface area (Å²) in [6, 6.07) is 10.9. The molecular formula is C18H17BrN4O3. The molecule has 1 aromatic carbocycles. The predicted octanol–water partition coefficient (Wildman–Crippen LogP) is 2.83. The van der Waals surface area contributed by atoms with Crippen LogP contribution in [0, 0.1) is 0 Å². The molecular weight excluding hydrogens is 400 g/mol. The van der Waals surface area contributed by atoms with Gasteiger partial charge in [-0.05, 0) is 43.2 Å². The lowest BCUT2D eigenvalue weighted by molar-refractivity contribution is 0.0951. The largest absolute Gasteiger partial charge is 0.461 e. The Morgan fingerprint density at radius 1 is 1.31 bits per heavy atom. The molecule has 26 heavy (non-hydrogen) atoms. The van der Waals surface area contributed by atoms with Crippen molar-refractivity contribution in [3.63, 3.8) is 0 Å². The Balaban J connectivity index is 1.48. The van der Waals surface area contributed by atoms with Crippen LogP contribution in [0.5, 0.6) is 0 Å². The van der Waals surface area contributed by atoms with Crippen LogP contribution in [-0.2, 0) is 6.54 Å². The van der Waals surface area contributed by atoms with Gasteiger partial charge in [0.1, 0.15) is 0 Å². The van der Waals surface area contributed by atoms with E-state index in [0.29, 0.717) is 30.2 Å². The highest BCUT2D eigenvalue weighted by molar-refractivity contribution is 9.10. The Bertz CT molecular complexity index is 986. The molecule has 0 bridgehead atoms. The van der Waals surface area contributed by atoms with Crippen molar-refractivity contribution in [2.75, 3.05) is 6.54 Å². The van der Waals surface area contributed by atoms with Gasteiger partial charge in [0.2, 0.25) is 5.82 Å². The second-order valence-corrected chi connectivity index (χ2v) is 7.09. The Labute approximate surface area is 157 Å². The zero-order valence-electron chi connectivity index (χ0n) is 13.9. The van der Waals surface area contributed by atoms with Crippen molar-refractivity contribution in [1.29, 1.82) is 0 Å². The van der Waals surface area contributed by atoms with E-state index in [2.05, 4.69) is 26.3 Å². The van der Waals surface area contributed by atoms with Gasteiger partial charge in [0.25, 0.3) is 5.91 Å². The minimum absolute atomic E-state index is 0.171. The van der Waals surface area contributed by atoms with Gasteiger partial charge in [-0.2, -0.15) is 0 Å². The molecule has 0 atom stereocenters. The summed E-state index contributed by atoms with van der Waals surface area (Å²) in [7, 11) is 0. The minimum atomic E-state index is -0.188. The number of nitrogens with zero attached hydrogens (tertiary/aromatic N) is 3. The van der Waals surface area contributed by atoms with Crippen LogP contribution in [0.3, 0.4) is 0 Å². The summed E-state index contributed by atoms with van der Waals surface area (Å²) in [5.41, 5.74) is 0.391. The molecule has 2 heterocycles. The lowest BCUT2D eigenvalue weighted by Gasteiger charge is -2.05. The number of benzene rings is 1. The van der Waals surface area contributed by atoms with Crippen LogP contribution in [-0.4, -0.2) is 26.8 Å². The first-order valence-corrected chi connectivity index (χ1v) is 9.20. The van der Waals surface area contributed by atoms with Gasteiger partial charge >= 0.3 is 5.69 Å². The van der Waals surface area contributed by atoms with E-state index in [-0.39, 0.29) is 17.6 Å². The first kappa shape index (κ1) is 16.8. The number of carbonyl (C=O) groups is 1. The smallest absolute Gasteiger partial charge is 0.346 e. The highest BCUT2D eigenvalue weighted by Gasteiger charge is 2.31. The quantitative estimate of drug-likeness (QED) is 0.669. The third-order valence-corrected chi connectivity index (χ3v) is 4.71. The molecule has 4 rings (SSSR count). The van der Waals surface area contributed by atoms with Crippen molar-refractivity contribution in [2.45, 2.75) is 25.4 Å². The van der Waals surface area contributed by atoms with Gasteiger partial charge in [-0.3, -0.25) is 9.36 Å². The molecule has 1 aliphatic carbocycles. The van der Waals surface area contributed by atoms with Crippen LogP contribution in [0.2, 0.25) is 0 Å². The van der Waals surface area contributed by atoms with Crippen LogP contribution in [0.15, 0.2) is 56.3 Å². The molecule has 0 unspecified atom stereocenters. The maximum Gasteiger partial charge on any atom is 0.346 e. The van der Waals surface area contributed by atoms with E-state index < -0.39 is 0 Å². The lowest BCUT2D eigenvalue weighted by Crippen LogP contribution is -2.32. The van der Waals surface area contributed by atoms with E-state index in [1.807, 2.05) is 6.07 Å². The van der Waals surface area contributed by atoms with Gasteiger partial charge in [0.15, 0.2) is 5.76 Å². The molecule has 1 amide bonds. The Kier molecular flexibility index (Phi) is 4.50. The van der Waals surface area contributed by atoms with Gasteiger partial charge in [-0.1, -0.05) is 22.0 Å². The second kappa shape index (κ2) is 6.95. The number of aromatic nitrogens is 3. The van der Waals surface area contributed by atoms with Crippen molar-refractivity contribution in [2.24, 2.45) is 0 Å². The summed E-state index contributed by atoms with van der Waals surface area (Å²) < 4.78 is 9.32. The molecule has 1 fully saturated rings. The monoisotopic (exact) mass is 416 g/mol. The third-order valence-electron chi connectivity index (χ3n) is 4.22. The number of carbonyl (C=O) groups excluding carboxylic acids is 1. The summed E-state index contributed by atoms with van der Waals surface area (Å²) in [6.07, 6.45) is 3.51. The average Bonchev–Trinajstić information content (AvgIpc) is 3.20. The summed E-state index contributed by atoms with van der Waals surface area (Å²) >= 11 is 3.35. The summed E-state index contributed by atoms with van der Waals surface area (Å²) in [5, 5.41) is 7.23. The topological polar surface area (TPSA) is 82.1 Å². The van der Waals surface area contributed by atoms with E-state index in [1.165, 1.54) is 4.68 Å². The molecule has 1 aliphatic rings. The Morgan fingerprint density at radius 2 is 2.15 bits per heavy atom. The molecule has 8 heteroatoms. The van der Waals surface area contributed by atoms with E-state index >= 15 is 0 Å². The Hall–Kier alpha value is -2.61. The molecule has 0 saturated heterocycles. The van der Waals surface area contributed by atoms with Crippen molar-refractivity contribution < 1.29 is 9.21 Å². The van der Waals surface area contributed by atoms with Gasteiger partial charge in [-0.15, -0.1) is 5.10 Å². The molecule has 2 aromatic heterocycles. The second-order valence-electron chi connectivity index (χ2n) is 6.17. The minimum Gasteiger partial charge on any atom is -0.461 e. The lowest BCUT2D eigenvalue weighted by atomic mass is 10.2. The molecule has 1 saturated carbocycles. The van der Waals surface area contributed by atoms with Crippen LogP contribution < -0.4 is 11.0 Å². The number of hydrogen-bond donors (Lipinski definition) is 1. The number of furan rings is 1. The number of rotatable bonds is 6. The van der Waals surface area contributed by atoms with Gasteiger partial charge in [-0.25, -0.2) is 9.48 Å². The average molecular weight is 417 g/mol. The maximum absolute atomic E-state index is 12.7. The SMILES string of the molecule is O=C(NCCn1nc(-c2ccco2)n(C2CC2)c1=O)c1cccc(Br)c1. The molecule has 0 radical (unpaired) electrons. The molecule has 3 aromatic rings. The van der Waals surface area contributed by atoms with Gasteiger partial charge in [0, 0.05) is 22.6 Å². The fourth-order valence-electron chi connectivity index (χ4n) is 2.81. The zero-order valence-corrected chi connectivity index (χ0v) is 15.5. The number of nitrogens with one attached hydrogen (secondary N) is 1. The van der Waals surface area contributed by atoms with Gasteiger partial charge in [0.05, 0.1) is 12.8 Å². The molecule has 1 N–H and O–H groups in total. The Morgan fingerprint density at radius 3 is 2.85 bits per heavy atom. The highest BCUT2D eigenvalue weighted by atomic mass is 79.9. The van der Waals surface area contributed by atoms with E-state index in [1.54, 1.807) is 41.2 Å². The van der Waals surface area contributed by atoms with E-state index in [4.69, 9.17) is 4.42 Å². The van der Waals surface area contributed by atoms with Crippen LogP contribution in [0.1, 0.15) is 29.2 Å². The zero-order chi connectivity index (χ0) is 18.1. The van der Waals surface area contributed by atoms with Crippen LogP contribution in [0.4, 0.5) is 0 Å². The molecule has 0 aliphatic heterocycles. The standard InChI is InChI=1S/C18H17BrN4O3/c19-13-4-1-3-12(11-13)17(24)20-8-9-22-18(25)23(14-6-7-14)16(21-22)15-5-2-10-26-15/h1-5,10-11,14H,6-9H2,(H,20,24). The van der Waals surface area contributed by atoms with E-state index in [0.717, 1.165) is 17.3 Å². The van der Waals surface area contributed by atoms with Gasteiger partial charge < -0.3 is 9.73 Å². The number of halogens is 1. The first-order valence-electron chi connectivity index (χ1n) is 8.40. The van der Waals surface area contributed by atoms with Crippen molar-refractivity contribution in [1.82, 2.24) is 19.7 Å².